The summed E-state index contributed by atoms with van der Waals surface area (Å²) < 4.78 is 44.1. The summed E-state index contributed by atoms with van der Waals surface area (Å²) in [5.74, 6) is 0.956. The lowest BCUT2D eigenvalue weighted by Gasteiger charge is -2.33. The molecule has 10 heteroatoms. The molecule has 1 aliphatic rings. The van der Waals surface area contributed by atoms with Crippen LogP contribution in [0, 0.1) is 6.92 Å². The van der Waals surface area contributed by atoms with Crippen LogP contribution in [0.4, 0.5) is 13.2 Å². The van der Waals surface area contributed by atoms with E-state index in [1.54, 1.807) is 11.8 Å². The van der Waals surface area contributed by atoms with Gasteiger partial charge in [-0.15, -0.1) is 11.8 Å². The number of aromatic nitrogens is 2. The number of alkyl halides is 3. The molecule has 0 saturated carbocycles. The zero-order valence-electron chi connectivity index (χ0n) is 18.0. The van der Waals surface area contributed by atoms with Gasteiger partial charge in [-0.3, -0.25) is 9.69 Å². The van der Waals surface area contributed by atoms with E-state index in [-0.39, 0.29) is 17.3 Å². The Morgan fingerprint density at radius 2 is 1.85 bits per heavy atom. The third-order valence-electron chi connectivity index (χ3n) is 5.44. The molecule has 2 aromatic carbocycles. The summed E-state index contributed by atoms with van der Waals surface area (Å²) in [6.07, 6.45) is -4.43. The number of hydrogen-bond acceptors (Lipinski definition) is 6. The summed E-state index contributed by atoms with van der Waals surface area (Å²) in [6.45, 7) is 4.92. The largest absolute Gasteiger partial charge is 0.416 e. The molecule has 33 heavy (non-hydrogen) atoms. The highest BCUT2D eigenvalue weighted by molar-refractivity contribution is 8.00. The van der Waals surface area contributed by atoms with Crippen LogP contribution in [-0.2, 0) is 17.5 Å². The van der Waals surface area contributed by atoms with E-state index in [0.717, 1.165) is 22.6 Å². The van der Waals surface area contributed by atoms with Gasteiger partial charge in [0.1, 0.15) is 0 Å². The molecule has 4 rings (SSSR count). The Hall–Kier alpha value is -2.85. The average Bonchev–Trinajstić information content (AvgIpc) is 3.27. The number of benzene rings is 2. The second-order valence-electron chi connectivity index (χ2n) is 7.80. The maximum absolute atomic E-state index is 12.9. The van der Waals surface area contributed by atoms with E-state index >= 15 is 0 Å². The van der Waals surface area contributed by atoms with Gasteiger partial charge in [-0.25, -0.2) is 0 Å². The summed E-state index contributed by atoms with van der Waals surface area (Å²) in [6, 6.07) is 12.8. The van der Waals surface area contributed by atoms with E-state index in [2.05, 4.69) is 15.0 Å². The molecule has 0 spiro atoms. The van der Waals surface area contributed by atoms with E-state index in [4.69, 9.17) is 4.52 Å². The number of carbonyl (C=O) groups is 1. The highest BCUT2D eigenvalue weighted by atomic mass is 32.2. The summed E-state index contributed by atoms with van der Waals surface area (Å²) in [4.78, 5) is 21.9. The number of thioether (sulfide) groups is 1. The van der Waals surface area contributed by atoms with Crippen LogP contribution in [0.15, 0.2) is 57.9 Å². The van der Waals surface area contributed by atoms with Gasteiger partial charge in [0.15, 0.2) is 0 Å². The minimum atomic E-state index is -4.43. The zero-order valence-corrected chi connectivity index (χ0v) is 18.8. The topological polar surface area (TPSA) is 62.5 Å². The molecule has 174 valence electrons. The van der Waals surface area contributed by atoms with Crippen LogP contribution >= 0.6 is 11.8 Å². The number of carbonyl (C=O) groups excluding carboxylic acids is 1. The maximum atomic E-state index is 12.9. The molecule has 1 fully saturated rings. The van der Waals surface area contributed by atoms with E-state index in [9.17, 15) is 18.0 Å². The van der Waals surface area contributed by atoms with Crippen LogP contribution in [-0.4, -0.2) is 57.8 Å². The third kappa shape index (κ3) is 5.94. The average molecular weight is 477 g/mol. The van der Waals surface area contributed by atoms with Gasteiger partial charge in [0.25, 0.3) is 0 Å². The van der Waals surface area contributed by atoms with Gasteiger partial charge in [-0.05, 0) is 30.7 Å². The van der Waals surface area contributed by atoms with E-state index in [1.807, 2.05) is 36.1 Å². The fourth-order valence-electron chi connectivity index (χ4n) is 3.57. The number of hydrogen-bond donors (Lipinski definition) is 0. The first-order valence-corrected chi connectivity index (χ1v) is 11.5. The summed E-state index contributed by atoms with van der Waals surface area (Å²) in [7, 11) is 0. The number of piperazine rings is 1. The molecule has 2 heterocycles. The van der Waals surface area contributed by atoms with Crippen molar-refractivity contribution in [2.24, 2.45) is 0 Å². The number of rotatable bonds is 6. The molecule has 1 aliphatic heterocycles. The fourth-order valence-corrected chi connectivity index (χ4v) is 4.50. The maximum Gasteiger partial charge on any atom is 0.416 e. The Morgan fingerprint density at radius 1 is 1.09 bits per heavy atom. The first kappa shape index (κ1) is 23.3. The van der Waals surface area contributed by atoms with Gasteiger partial charge in [0.2, 0.25) is 17.6 Å². The second kappa shape index (κ2) is 9.96. The van der Waals surface area contributed by atoms with Crippen LogP contribution in [0.2, 0.25) is 0 Å². The highest BCUT2D eigenvalue weighted by Crippen LogP contribution is 2.31. The van der Waals surface area contributed by atoms with E-state index < -0.39 is 11.7 Å². The van der Waals surface area contributed by atoms with Crippen molar-refractivity contribution in [2.75, 3.05) is 31.9 Å². The normalized spacial score (nSPS) is 15.1. The minimum Gasteiger partial charge on any atom is -0.339 e. The zero-order chi connectivity index (χ0) is 23.4. The second-order valence-corrected chi connectivity index (χ2v) is 8.82. The molecule has 0 unspecified atom stereocenters. The highest BCUT2D eigenvalue weighted by Gasteiger charge is 2.31. The number of nitrogens with zero attached hydrogens (tertiary/aromatic N) is 4. The molecular formula is C23H23F3N4O2S. The summed E-state index contributed by atoms with van der Waals surface area (Å²) in [5.41, 5.74) is 0.651. The van der Waals surface area contributed by atoms with Crippen molar-refractivity contribution in [1.82, 2.24) is 19.9 Å². The van der Waals surface area contributed by atoms with Crippen LogP contribution in [0.3, 0.4) is 0 Å². The van der Waals surface area contributed by atoms with Gasteiger partial charge in [0.05, 0.1) is 17.9 Å². The van der Waals surface area contributed by atoms with Crippen molar-refractivity contribution < 1.29 is 22.5 Å². The molecule has 1 amide bonds. The predicted molar refractivity (Wildman–Crippen MR) is 118 cm³/mol. The van der Waals surface area contributed by atoms with E-state index in [1.165, 1.54) is 12.1 Å². The quantitative estimate of drug-likeness (QED) is 0.488. The Labute approximate surface area is 193 Å². The van der Waals surface area contributed by atoms with Gasteiger partial charge in [-0.1, -0.05) is 35.5 Å². The van der Waals surface area contributed by atoms with Crippen molar-refractivity contribution in [1.29, 1.82) is 0 Å². The van der Waals surface area contributed by atoms with Crippen LogP contribution < -0.4 is 0 Å². The lowest BCUT2D eigenvalue weighted by molar-refractivity contribution is -0.137. The SMILES string of the molecule is Cc1ccccc1SCC(=O)N1CCN(Cc2nc(-c3cccc(C(F)(F)F)c3)no2)CC1. The molecule has 3 aromatic rings. The molecule has 0 radical (unpaired) electrons. The Kier molecular flexibility index (Phi) is 7.04. The van der Waals surface area contributed by atoms with Crippen LogP contribution in [0.25, 0.3) is 11.4 Å². The van der Waals surface area contributed by atoms with Crippen LogP contribution in [0.1, 0.15) is 17.0 Å². The van der Waals surface area contributed by atoms with Gasteiger partial charge < -0.3 is 9.42 Å². The number of amides is 1. The monoisotopic (exact) mass is 476 g/mol. The molecule has 0 N–H and O–H groups in total. The molecule has 6 nitrogen and oxygen atoms in total. The van der Waals surface area contributed by atoms with Gasteiger partial charge in [0, 0.05) is 36.6 Å². The fraction of sp³-hybridized carbons (Fsp3) is 0.348. The first-order chi connectivity index (χ1) is 15.8. The molecule has 1 aromatic heterocycles. The lowest BCUT2D eigenvalue weighted by atomic mass is 10.1. The molecule has 1 saturated heterocycles. The Morgan fingerprint density at radius 3 is 2.58 bits per heavy atom. The standard InChI is InChI=1S/C23H23F3N4O2S/c1-16-5-2-3-8-19(16)33-15-21(31)30-11-9-29(10-12-30)14-20-27-22(28-32-20)17-6-4-7-18(13-17)23(24,25)26/h2-8,13H,9-12,14-15H2,1H3. The van der Waals surface area contributed by atoms with Crippen molar-refractivity contribution in [2.45, 2.75) is 24.5 Å². The first-order valence-electron chi connectivity index (χ1n) is 10.5. The summed E-state index contributed by atoms with van der Waals surface area (Å²) in [5, 5.41) is 3.83. The van der Waals surface area contributed by atoms with Gasteiger partial charge in [-0.2, -0.15) is 18.2 Å². The summed E-state index contributed by atoms with van der Waals surface area (Å²) >= 11 is 1.55. The van der Waals surface area contributed by atoms with Crippen molar-refractivity contribution in [3.05, 3.63) is 65.5 Å². The third-order valence-corrected chi connectivity index (χ3v) is 6.61. The van der Waals surface area contributed by atoms with Crippen LogP contribution in [0.5, 0.6) is 0 Å². The van der Waals surface area contributed by atoms with E-state index in [0.29, 0.717) is 44.4 Å². The van der Waals surface area contributed by atoms with Crippen molar-refractivity contribution in [3.63, 3.8) is 0 Å². The van der Waals surface area contributed by atoms with Crippen molar-refractivity contribution in [3.8, 4) is 11.4 Å². The molecule has 0 atom stereocenters. The van der Waals surface area contributed by atoms with Gasteiger partial charge >= 0.3 is 6.18 Å². The number of aryl methyl sites for hydroxylation is 1. The lowest BCUT2D eigenvalue weighted by Crippen LogP contribution is -2.48. The minimum absolute atomic E-state index is 0.104. The Balaban J connectivity index is 1.28. The Bertz CT molecular complexity index is 1110. The molecule has 0 bridgehead atoms. The molecule has 0 aliphatic carbocycles. The smallest absolute Gasteiger partial charge is 0.339 e. The molecular weight excluding hydrogens is 453 g/mol. The van der Waals surface area contributed by atoms with Crippen molar-refractivity contribution >= 4 is 17.7 Å². The number of halogens is 3. The predicted octanol–water partition coefficient (Wildman–Crippen LogP) is 4.50.